The van der Waals surface area contributed by atoms with Crippen LogP contribution in [0, 0.1) is 11.3 Å². The molecule has 0 atom stereocenters. The quantitative estimate of drug-likeness (QED) is 0.919. The molecule has 0 unspecified atom stereocenters. The Morgan fingerprint density at radius 2 is 1.88 bits per heavy atom. The maximum absolute atomic E-state index is 12.6. The Morgan fingerprint density at radius 1 is 1.19 bits per heavy atom. The number of rotatable bonds is 4. The summed E-state index contributed by atoms with van der Waals surface area (Å²) in [6.07, 6.45) is 8.04. The standard InChI is InChI=1S/C21H28N4O/c1-21(13-18-5-2-3-6-19(18)14-21)16-22-20(26)24-11-7-17(8-12-24)15-25-10-4-9-23-25/h2-6,9-10,17H,7-8,11-16H2,1H3,(H,22,26). The molecule has 0 radical (unpaired) electrons. The van der Waals surface area contributed by atoms with Crippen molar-refractivity contribution < 1.29 is 4.79 Å². The lowest BCUT2D eigenvalue weighted by molar-refractivity contribution is 0.159. The second-order valence-corrected chi connectivity index (χ2v) is 8.25. The van der Waals surface area contributed by atoms with Gasteiger partial charge in [-0.2, -0.15) is 5.10 Å². The van der Waals surface area contributed by atoms with Crippen LogP contribution < -0.4 is 5.32 Å². The molecule has 1 aliphatic heterocycles. The number of piperidine rings is 1. The van der Waals surface area contributed by atoms with E-state index in [1.807, 2.05) is 28.0 Å². The zero-order valence-electron chi connectivity index (χ0n) is 15.5. The van der Waals surface area contributed by atoms with Crippen LogP contribution >= 0.6 is 0 Å². The summed E-state index contributed by atoms with van der Waals surface area (Å²) in [7, 11) is 0. The van der Waals surface area contributed by atoms with Gasteiger partial charge >= 0.3 is 6.03 Å². The van der Waals surface area contributed by atoms with Gasteiger partial charge < -0.3 is 10.2 Å². The average molecular weight is 352 g/mol. The highest BCUT2D eigenvalue weighted by Crippen LogP contribution is 2.36. The Morgan fingerprint density at radius 3 is 2.50 bits per heavy atom. The first-order valence-electron chi connectivity index (χ1n) is 9.68. The zero-order chi connectivity index (χ0) is 18.0. The highest BCUT2D eigenvalue weighted by Gasteiger charge is 2.33. The highest BCUT2D eigenvalue weighted by atomic mass is 16.2. The van der Waals surface area contributed by atoms with E-state index >= 15 is 0 Å². The molecule has 138 valence electrons. The van der Waals surface area contributed by atoms with E-state index < -0.39 is 0 Å². The second kappa shape index (κ2) is 7.14. The number of amides is 2. The zero-order valence-corrected chi connectivity index (χ0v) is 15.5. The van der Waals surface area contributed by atoms with E-state index in [1.165, 1.54) is 11.1 Å². The van der Waals surface area contributed by atoms with Crippen LogP contribution in [0.25, 0.3) is 0 Å². The first-order chi connectivity index (χ1) is 12.6. The summed E-state index contributed by atoms with van der Waals surface area (Å²) < 4.78 is 2.00. The molecule has 1 saturated heterocycles. The van der Waals surface area contributed by atoms with Gasteiger partial charge in [0, 0.05) is 38.6 Å². The second-order valence-electron chi connectivity index (χ2n) is 8.25. The smallest absolute Gasteiger partial charge is 0.317 e. The number of nitrogens with one attached hydrogen (secondary N) is 1. The Balaban J connectivity index is 1.23. The van der Waals surface area contributed by atoms with Crippen molar-refractivity contribution in [3.05, 3.63) is 53.9 Å². The number of hydrogen-bond donors (Lipinski definition) is 1. The minimum absolute atomic E-state index is 0.0970. The van der Waals surface area contributed by atoms with Crippen molar-refractivity contribution in [2.45, 2.75) is 39.2 Å². The molecule has 5 nitrogen and oxygen atoms in total. The lowest BCUT2D eigenvalue weighted by Gasteiger charge is -2.33. The van der Waals surface area contributed by atoms with Crippen LogP contribution in [-0.2, 0) is 19.4 Å². The third-order valence-electron chi connectivity index (χ3n) is 5.93. The van der Waals surface area contributed by atoms with Gasteiger partial charge in [-0.1, -0.05) is 31.2 Å². The molecule has 1 N–H and O–H groups in total. The van der Waals surface area contributed by atoms with E-state index in [-0.39, 0.29) is 11.4 Å². The summed E-state index contributed by atoms with van der Waals surface area (Å²) >= 11 is 0. The number of fused-ring (bicyclic) bond motifs is 1. The maximum atomic E-state index is 12.6. The summed E-state index contributed by atoms with van der Waals surface area (Å²) in [4.78, 5) is 14.6. The molecule has 26 heavy (non-hydrogen) atoms. The summed E-state index contributed by atoms with van der Waals surface area (Å²) in [5.74, 6) is 0.612. The van der Waals surface area contributed by atoms with Gasteiger partial charge in [0.15, 0.2) is 0 Å². The van der Waals surface area contributed by atoms with Crippen molar-refractivity contribution in [2.24, 2.45) is 11.3 Å². The van der Waals surface area contributed by atoms with Crippen molar-refractivity contribution in [2.75, 3.05) is 19.6 Å². The van der Waals surface area contributed by atoms with Gasteiger partial charge in [0.2, 0.25) is 0 Å². The van der Waals surface area contributed by atoms with Crippen LogP contribution in [-0.4, -0.2) is 40.3 Å². The number of carbonyl (C=O) groups excluding carboxylic acids is 1. The van der Waals surface area contributed by atoms with Crippen LogP contribution in [0.3, 0.4) is 0 Å². The molecule has 2 amide bonds. The van der Waals surface area contributed by atoms with Crippen LogP contribution in [0.1, 0.15) is 30.9 Å². The van der Waals surface area contributed by atoms with Crippen LogP contribution in [0.15, 0.2) is 42.7 Å². The molecule has 1 fully saturated rings. The summed E-state index contributed by atoms with van der Waals surface area (Å²) in [6.45, 7) is 5.67. The lowest BCUT2D eigenvalue weighted by atomic mass is 9.87. The number of urea groups is 1. The predicted molar refractivity (Wildman–Crippen MR) is 102 cm³/mol. The van der Waals surface area contributed by atoms with Crippen LogP contribution in [0.4, 0.5) is 4.79 Å². The Kier molecular flexibility index (Phi) is 4.70. The van der Waals surface area contributed by atoms with Crippen molar-refractivity contribution in [1.82, 2.24) is 20.0 Å². The molecule has 1 aromatic carbocycles. The first kappa shape index (κ1) is 17.1. The topological polar surface area (TPSA) is 50.2 Å². The van der Waals surface area contributed by atoms with E-state index in [2.05, 4.69) is 41.6 Å². The van der Waals surface area contributed by atoms with Gasteiger partial charge in [-0.25, -0.2) is 4.79 Å². The minimum atomic E-state index is 0.0970. The van der Waals surface area contributed by atoms with Gasteiger partial charge in [-0.3, -0.25) is 4.68 Å². The number of benzene rings is 1. The van der Waals surface area contributed by atoms with E-state index in [1.54, 1.807) is 0 Å². The monoisotopic (exact) mass is 352 g/mol. The lowest BCUT2D eigenvalue weighted by Crippen LogP contribution is -2.47. The largest absolute Gasteiger partial charge is 0.337 e. The van der Waals surface area contributed by atoms with Gasteiger partial charge in [-0.05, 0) is 54.2 Å². The summed E-state index contributed by atoms with van der Waals surface area (Å²) in [5, 5.41) is 7.49. The molecule has 5 heteroatoms. The van der Waals surface area contributed by atoms with E-state index in [0.29, 0.717) is 5.92 Å². The van der Waals surface area contributed by atoms with Gasteiger partial charge in [0.25, 0.3) is 0 Å². The van der Waals surface area contributed by atoms with E-state index in [9.17, 15) is 4.79 Å². The van der Waals surface area contributed by atoms with Crippen LogP contribution in [0.2, 0.25) is 0 Å². The highest BCUT2D eigenvalue weighted by molar-refractivity contribution is 5.74. The first-order valence-corrected chi connectivity index (χ1v) is 9.68. The fourth-order valence-electron chi connectivity index (χ4n) is 4.40. The van der Waals surface area contributed by atoms with Gasteiger partial charge in [0.05, 0.1) is 0 Å². The summed E-state index contributed by atoms with van der Waals surface area (Å²) in [6, 6.07) is 10.7. The fraction of sp³-hybridized carbons (Fsp3) is 0.524. The Bertz CT molecular complexity index is 722. The number of hydrogen-bond acceptors (Lipinski definition) is 2. The van der Waals surface area contributed by atoms with Crippen molar-refractivity contribution >= 4 is 6.03 Å². The van der Waals surface area contributed by atoms with E-state index in [0.717, 1.165) is 51.9 Å². The molecule has 0 saturated carbocycles. The van der Waals surface area contributed by atoms with Crippen LogP contribution in [0.5, 0.6) is 0 Å². The molecule has 0 bridgehead atoms. The van der Waals surface area contributed by atoms with Gasteiger partial charge in [0.1, 0.15) is 0 Å². The number of aromatic nitrogens is 2. The van der Waals surface area contributed by atoms with Crippen molar-refractivity contribution in [3.63, 3.8) is 0 Å². The number of likely N-dealkylation sites (tertiary alicyclic amines) is 1. The SMILES string of the molecule is CC1(CNC(=O)N2CCC(Cn3cccn3)CC2)Cc2ccccc2C1. The number of carbonyl (C=O) groups is 1. The van der Waals surface area contributed by atoms with E-state index in [4.69, 9.17) is 0 Å². The van der Waals surface area contributed by atoms with Crippen molar-refractivity contribution in [3.8, 4) is 0 Å². The Hall–Kier alpha value is -2.30. The third kappa shape index (κ3) is 3.76. The molecule has 1 aromatic heterocycles. The molecule has 2 aliphatic rings. The maximum Gasteiger partial charge on any atom is 0.317 e. The molecular formula is C21H28N4O. The molecule has 4 rings (SSSR count). The number of nitrogens with zero attached hydrogens (tertiary/aromatic N) is 3. The molecular weight excluding hydrogens is 324 g/mol. The predicted octanol–water partition coefficient (Wildman–Crippen LogP) is 3.11. The van der Waals surface area contributed by atoms with Crippen molar-refractivity contribution in [1.29, 1.82) is 0 Å². The average Bonchev–Trinajstić information content (AvgIpc) is 3.27. The molecule has 2 aromatic rings. The summed E-state index contributed by atoms with van der Waals surface area (Å²) in [5.41, 5.74) is 3.00. The molecule has 1 aliphatic carbocycles. The normalized spacial score (nSPS) is 19.3. The molecule has 0 spiro atoms. The Labute approximate surface area is 155 Å². The minimum Gasteiger partial charge on any atom is -0.337 e. The fourth-order valence-corrected chi connectivity index (χ4v) is 4.40. The third-order valence-corrected chi connectivity index (χ3v) is 5.93. The van der Waals surface area contributed by atoms with Gasteiger partial charge in [-0.15, -0.1) is 0 Å². The molecule has 2 heterocycles.